The monoisotopic (exact) mass is 625 g/mol. The molecule has 5 rings (SSSR count). The van der Waals surface area contributed by atoms with Crippen molar-refractivity contribution in [1.29, 1.82) is 5.26 Å². The Hall–Kier alpha value is -3.17. The molecule has 9 nitrogen and oxygen atoms in total. The van der Waals surface area contributed by atoms with E-state index in [4.69, 9.17) is 33.3 Å². The second-order valence-corrected chi connectivity index (χ2v) is 12.3. The van der Waals surface area contributed by atoms with Gasteiger partial charge in [0.2, 0.25) is 0 Å². The van der Waals surface area contributed by atoms with E-state index in [1.807, 2.05) is 6.07 Å². The Kier molecular flexibility index (Phi) is 9.68. The number of halogens is 2. The number of hydroxylamine groups is 1. The van der Waals surface area contributed by atoms with Crippen molar-refractivity contribution in [2.45, 2.75) is 56.3 Å². The summed E-state index contributed by atoms with van der Waals surface area (Å²) in [7, 11) is 0. The maximum Gasteiger partial charge on any atom is 0.255 e. The molecule has 1 saturated carbocycles. The first kappa shape index (κ1) is 30.3. The minimum atomic E-state index is -1.30. The predicted molar refractivity (Wildman–Crippen MR) is 160 cm³/mol. The molecule has 0 unspecified atom stereocenters. The second kappa shape index (κ2) is 13.4. The fourth-order valence-corrected chi connectivity index (χ4v) is 7.11. The van der Waals surface area contributed by atoms with Crippen molar-refractivity contribution in [1.82, 2.24) is 20.1 Å². The van der Waals surface area contributed by atoms with E-state index in [1.165, 1.54) is 6.20 Å². The summed E-state index contributed by atoms with van der Waals surface area (Å²) in [6.45, 7) is -0.0300. The molecule has 5 atom stereocenters. The summed E-state index contributed by atoms with van der Waals surface area (Å²) >= 11 is 11.7. The summed E-state index contributed by atoms with van der Waals surface area (Å²) in [5.41, 5.74) is 5.03. The SMILES string of the molecule is C[S@+]([O-])N[C@H]1CCCC[C@@H]1N1C(=O)c2ccccc2[C@@H](C(=O)NOCc2ccc(C#N)cn2)[C@@H]1c1ccc(Cl)cc1Cl. The Balaban J connectivity index is 1.55. The summed E-state index contributed by atoms with van der Waals surface area (Å²) in [6, 6.07) is 16.0. The number of hydrogen-bond donors (Lipinski definition) is 2. The number of carbonyl (C=O) groups excluding carboxylic acids is 2. The highest BCUT2D eigenvalue weighted by Crippen LogP contribution is 2.47. The Labute approximate surface area is 257 Å². The molecule has 2 aliphatic rings. The lowest BCUT2D eigenvalue weighted by Crippen LogP contribution is -2.59. The number of benzene rings is 2. The first-order valence-corrected chi connectivity index (χ1v) is 15.8. The highest BCUT2D eigenvalue weighted by molar-refractivity contribution is 7.88. The summed E-state index contributed by atoms with van der Waals surface area (Å²) < 4.78 is 15.4. The molecule has 0 spiro atoms. The normalized spacial score (nSPS) is 22.6. The Bertz CT molecular complexity index is 1500. The third-order valence-corrected chi connectivity index (χ3v) is 8.89. The van der Waals surface area contributed by atoms with Gasteiger partial charge in [-0.05, 0) is 54.3 Å². The van der Waals surface area contributed by atoms with E-state index in [9.17, 15) is 14.1 Å². The number of rotatable bonds is 8. The standard InChI is InChI=1S/C30H29Cl2N5O4S/c1-42(40)36-25-8-4-5-9-26(25)37-28(23-13-11-19(31)14-24(23)32)27(21-6-2-3-7-22(21)30(37)39)29(38)35-41-17-20-12-10-18(15-33)16-34-20/h2-3,6-7,10-14,16,25-28,36H,4-5,8-9,17H2,1H3,(H,35,38)/t25-,26-,27+,28-,42-/m0/s1. The fraction of sp³-hybridized carbons (Fsp3) is 0.333. The summed E-state index contributed by atoms with van der Waals surface area (Å²) in [4.78, 5) is 39.8. The molecular weight excluding hydrogens is 597 g/mol. The highest BCUT2D eigenvalue weighted by atomic mass is 35.5. The largest absolute Gasteiger partial charge is 0.598 e. The van der Waals surface area contributed by atoms with Gasteiger partial charge in [-0.3, -0.25) is 19.4 Å². The molecule has 42 heavy (non-hydrogen) atoms. The Morgan fingerprint density at radius 3 is 2.67 bits per heavy atom. The van der Waals surface area contributed by atoms with E-state index in [0.717, 1.165) is 19.3 Å². The lowest BCUT2D eigenvalue weighted by molar-refractivity contribution is -0.138. The van der Waals surface area contributed by atoms with E-state index >= 15 is 0 Å². The third kappa shape index (κ3) is 6.42. The zero-order chi connectivity index (χ0) is 29.8. The first-order valence-electron chi connectivity index (χ1n) is 13.5. The quantitative estimate of drug-likeness (QED) is 0.266. The van der Waals surface area contributed by atoms with Gasteiger partial charge in [-0.15, -0.1) is 4.72 Å². The summed E-state index contributed by atoms with van der Waals surface area (Å²) in [5, 5.41) is 9.76. The number of nitrogens with one attached hydrogen (secondary N) is 2. The number of pyridine rings is 1. The van der Waals surface area contributed by atoms with Crippen LogP contribution in [0.25, 0.3) is 0 Å². The van der Waals surface area contributed by atoms with E-state index in [1.54, 1.807) is 65.8 Å². The average molecular weight is 627 g/mol. The van der Waals surface area contributed by atoms with Gasteiger partial charge >= 0.3 is 0 Å². The van der Waals surface area contributed by atoms with Crippen LogP contribution in [-0.2, 0) is 27.6 Å². The van der Waals surface area contributed by atoms with E-state index < -0.39 is 29.2 Å². The number of nitrogens with zero attached hydrogens (tertiary/aromatic N) is 3. The van der Waals surface area contributed by atoms with Crippen LogP contribution >= 0.6 is 23.2 Å². The fourth-order valence-electron chi connectivity index (χ4n) is 5.89. The molecule has 0 saturated heterocycles. The van der Waals surface area contributed by atoms with Gasteiger partial charge in [-0.1, -0.05) is 60.3 Å². The van der Waals surface area contributed by atoms with Crippen LogP contribution in [0.3, 0.4) is 0 Å². The minimum Gasteiger partial charge on any atom is -0.598 e. The lowest BCUT2D eigenvalue weighted by atomic mass is 9.76. The van der Waals surface area contributed by atoms with Crippen LogP contribution in [0.5, 0.6) is 0 Å². The lowest BCUT2D eigenvalue weighted by Gasteiger charge is -2.48. The maximum atomic E-state index is 14.3. The molecule has 1 aliphatic heterocycles. The van der Waals surface area contributed by atoms with Crippen LogP contribution in [0, 0.1) is 11.3 Å². The summed E-state index contributed by atoms with van der Waals surface area (Å²) in [6.07, 6.45) is 6.20. The zero-order valence-electron chi connectivity index (χ0n) is 22.8. The van der Waals surface area contributed by atoms with Gasteiger partial charge < -0.3 is 9.45 Å². The van der Waals surface area contributed by atoms with Crippen molar-refractivity contribution in [2.24, 2.45) is 0 Å². The molecule has 2 heterocycles. The molecule has 12 heteroatoms. The molecule has 1 fully saturated rings. The highest BCUT2D eigenvalue weighted by Gasteiger charge is 2.49. The van der Waals surface area contributed by atoms with Gasteiger partial charge in [0.05, 0.1) is 35.3 Å². The van der Waals surface area contributed by atoms with Crippen LogP contribution in [0.15, 0.2) is 60.8 Å². The number of amides is 2. The Morgan fingerprint density at radius 1 is 1.17 bits per heavy atom. The summed E-state index contributed by atoms with van der Waals surface area (Å²) in [5.74, 6) is -1.58. The van der Waals surface area contributed by atoms with Crippen LogP contribution in [0.4, 0.5) is 0 Å². The maximum absolute atomic E-state index is 14.3. The third-order valence-electron chi connectivity index (χ3n) is 7.69. The van der Waals surface area contributed by atoms with Crippen molar-refractivity contribution in [3.8, 4) is 6.07 Å². The van der Waals surface area contributed by atoms with Crippen molar-refractivity contribution in [3.05, 3.63) is 98.8 Å². The average Bonchev–Trinajstić information content (AvgIpc) is 2.98. The van der Waals surface area contributed by atoms with Gasteiger partial charge in [0.15, 0.2) is 0 Å². The topological polar surface area (TPSA) is 130 Å². The molecule has 3 aromatic rings. The molecule has 2 amide bonds. The van der Waals surface area contributed by atoms with Gasteiger partial charge in [0.1, 0.15) is 18.9 Å². The van der Waals surface area contributed by atoms with Crippen molar-refractivity contribution < 1.29 is 19.0 Å². The van der Waals surface area contributed by atoms with Crippen molar-refractivity contribution in [2.75, 3.05) is 6.26 Å². The van der Waals surface area contributed by atoms with Crippen LogP contribution < -0.4 is 10.2 Å². The smallest absolute Gasteiger partial charge is 0.255 e. The number of carbonyl (C=O) groups is 2. The Morgan fingerprint density at radius 2 is 1.95 bits per heavy atom. The van der Waals surface area contributed by atoms with Gasteiger partial charge in [-0.2, -0.15) is 5.26 Å². The number of nitriles is 1. The minimum absolute atomic E-state index is 0.0300. The van der Waals surface area contributed by atoms with Gasteiger partial charge in [-0.25, -0.2) is 5.48 Å². The van der Waals surface area contributed by atoms with E-state index in [0.29, 0.717) is 44.4 Å². The zero-order valence-corrected chi connectivity index (χ0v) is 25.1. The molecule has 2 aromatic carbocycles. The second-order valence-electron chi connectivity index (χ2n) is 10.3. The number of fused-ring (bicyclic) bond motifs is 1. The van der Waals surface area contributed by atoms with E-state index in [-0.39, 0.29) is 24.6 Å². The predicted octanol–water partition coefficient (Wildman–Crippen LogP) is 4.98. The molecule has 0 radical (unpaired) electrons. The van der Waals surface area contributed by atoms with Crippen molar-refractivity contribution in [3.63, 3.8) is 0 Å². The molecule has 218 valence electrons. The number of aromatic nitrogens is 1. The van der Waals surface area contributed by atoms with Crippen LogP contribution in [0.1, 0.15) is 70.4 Å². The molecular formula is C30H29Cl2N5O4S. The van der Waals surface area contributed by atoms with Crippen LogP contribution in [-0.4, -0.2) is 44.6 Å². The number of hydrogen-bond acceptors (Lipinski definition) is 7. The van der Waals surface area contributed by atoms with Crippen LogP contribution in [0.2, 0.25) is 10.0 Å². The van der Waals surface area contributed by atoms with Crippen molar-refractivity contribution >= 4 is 46.4 Å². The van der Waals surface area contributed by atoms with Gasteiger partial charge in [0, 0.05) is 33.2 Å². The first-order chi connectivity index (χ1) is 20.3. The van der Waals surface area contributed by atoms with E-state index in [2.05, 4.69) is 15.2 Å². The molecule has 1 aromatic heterocycles. The van der Waals surface area contributed by atoms with Gasteiger partial charge in [0.25, 0.3) is 11.8 Å². The molecule has 0 bridgehead atoms. The molecule has 2 N–H and O–H groups in total. The molecule has 1 aliphatic carbocycles.